The topological polar surface area (TPSA) is 61.4 Å². The van der Waals surface area contributed by atoms with Gasteiger partial charge in [0.2, 0.25) is 0 Å². The lowest BCUT2D eigenvalue weighted by Gasteiger charge is -2.35. The molecule has 29 heavy (non-hydrogen) atoms. The third kappa shape index (κ3) is 4.37. The van der Waals surface area contributed by atoms with E-state index >= 15 is 0 Å². The van der Waals surface area contributed by atoms with E-state index in [1.165, 1.54) is 11.1 Å². The van der Waals surface area contributed by atoms with Crippen LogP contribution in [-0.4, -0.2) is 47.3 Å². The molecule has 4 rings (SSSR count). The number of nitrogens with zero attached hydrogens (tertiary/aromatic N) is 4. The first-order valence-corrected chi connectivity index (χ1v) is 9.87. The van der Waals surface area contributed by atoms with Crippen LogP contribution in [-0.2, 0) is 0 Å². The number of nitrogens with one attached hydrogen (secondary N) is 1. The zero-order valence-electron chi connectivity index (χ0n) is 16.8. The minimum absolute atomic E-state index is 0.0607. The van der Waals surface area contributed by atoms with E-state index in [1.54, 1.807) is 0 Å². The van der Waals surface area contributed by atoms with Crippen molar-refractivity contribution in [2.75, 3.05) is 36.4 Å². The molecule has 2 heterocycles. The second-order valence-corrected chi connectivity index (χ2v) is 7.36. The first-order chi connectivity index (χ1) is 14.1. The molecular weight excluding hydrogens is 362 g/mol. The predicted molar refractivity (Wildman–Crippen MR) is 116 cm³/mol. The molecule has 2 aromatic carbocycles. The molecule has 1 aliphatic heterocycles. The van der Waals surface area contributed by atoms with Gasteiger partial charge < -0.3 is 15.1 Å². The molecule has 0 spiro atoms. The lowest BCUT2D eigenvalue weighted by atomic mass is 10.1. The van der Waals surface area contributed by atoms with Crippen LogP contribution in [0.1, 0.15) is 11.1 Å². The summed E-state index contributed by atoms with van der Waals surface area (Å²) >= 11 is 0. The molecule has 3 aromatic rings. The average molecular weight is 387 g/mol. The van der Waals surface area contributed by atoms with Crippen molar-refractivity contribution in [3.63, 3.8) is 0 Å². The Balaban J connectivity index is 1.35. The van der Waals surface area contributed by atoms with Crippen molar-refractivity contribution in [2.24, 2.45) is 0 Å². The third-order valence-electron chi connectivity index (χ3n) is 5.27. The quantitative estimate of drug-likeness (QED) is 0.735. The minimum atomic E-state index is -0.0607. The van der Waals surface area contributed by atoms with Crippen molar-refractivity contribution in [2.45, 2.75) is 13.8 Å². The van der Waals surface area contributed by atoms with Crippen LogP contribution in [0, 0.1) is 13.8 Å². The summed E-state index contributed by atoms with van der Waals surface area (Å²) in [7, 11) is 0. The first kappa shape index (κ1) is 18.9. The van der Waals surface area contributed by atoms with E-state index in [9.17, 15) is 4.79 Å². The minimum Gasteiger partial charge on any atom is -0.352 e. The second kappa shape index (κ2) is 8.31. The number of urea groups is 1. The molecule has 0 bridgehead atoms. The molecule has 0 saturated carbocycles. The number of rotatable bonds is 3. The van der Waals surface area contributed by atoms with E-state index in [-0.39, 0.29) is 6.03 Å². The van der Waals surface area contributed by atoms with Crippen molar-refractivity contribution < 1.29 is 4.79 Å². The van der Waals surface area contributed by atoms with Gasteiger partial charge in [0, 0.05) is 37.4 Å². The molecule has 1 saturated heterocycles. The number of hydrogen-bond donors (Lipinski definition) is 1. The molecule has 148 valence electrons. The highest BCUT2D eigenvalue weighted by Gasteiger charge is 2.22. The van der Waals surface area contributed by atoms with Crippen LogP contribution >= 0.6 is 0 Å². The van der Waals surface area contributed by atoms with Crippen molar-refractivity contribution >= 4 is 17.5 Å². The van der Waals surface area contributed by atoms with Gasteiger partial charge in [-0.2, -0.15) is 0 Å². The van der Waals surface area contributed by atoms with Gasteiger partial charge in [0.15, 0.2) is 5.82 Å². The normalized spacial score (nSPS) is 14.0. The van der Waals surface area contributed by atoms with Crippen LogP contribution in [0.3, 0.4) is 0 Å². The Morgan fingerprint density at radius 3 is 2.24 bits per heavy atom. The summed E-state index contributed by atoms with van der Waals surface area (Å²) in [6.07, 6.45) is 0. The van der Waals surface area contributed by atoms with E-state index in [4.69, 9.17) is 0 Å². The molecule has 1 aliphatic rings. The highest BCUT2D eigenvalue weighted by molar-refractivity contribution is 5.89. The van der Waals surface area contributed by atoms with Gasteiger partial charge in [-0.15, -0.1) is 10.2 Å². The van der Waals surface area contributed by atoms with E-state index in [0.717, 1.165) is 35.9 Å². The molecule has 6 nitrogen and oxygen atoms in total. The lowest BCUT2D eigenvalue weighted by Crippen LogP contribution is -2.50. The molecular formula is C23H25N5O. The van der Waals surface area contributed by atoms with Crippen molar-refractivity contribution in [3.8, 4) is 11.3 Å². The fraction of sp³-hybridized carbons (Fsp3) is 0.261. The van der Waals surface area contributed by atoms with Gasteiger partial charge in [-0.05, 0) is 43.7 Å². The molecule has 0 radical (unpaired) electrons. The summed E-state index contributed by atoms with van der Waals surface area (Å²) in [5.41, 5.74) is 5.15. The van der Waals surface area contributed by atoms with Crippen molar-refractivity contribution in [1.29, 1.82) is 0 Å². The largest absolute Gasteiger partial charge is 0.352 e. The second-order valence-electron chi connectivity index (χ2n) is 7.36. The van der Waals surface area contributed by atoms with E-state index in [0.29, 0.717) is 13.1 Å². The first-order valence-electron chi connectivity index (χ1n) is 9.87. The SMILES string of the molecule is Cc1ccc(NC(=O)N2CCN(c3ccc(-c4ccccc4C)nn3)CC2)cc1. The number of piperazine rings is 1. The highest BCUT2D eigenvalue weighted by atomic mass is 16.2. The average Bonchev–Trinajstić information content (AvgIpc) is 2.76. The van der Waals surface area contributed by atoms with Crippen LogP contribution in [0.4, 0.5) is 16.3 Å². The summed E-state index contributed by atoms with van der Waals surface area (Å²) < 4.78 is 0. The Morgan fingerprint density at radius 1 is 0.862 bits per heavy atom. The number of carbonyl (C=O) groups is 1. The van der Waals surface area contributed by atoms with E-state index in [1.807, 2.05) is 60.4 Å². The summed E-state index contributed by atoms with van der Waals surface area (Å²) in [5, 5.41) is 11.8. The van der Waals surface area contributed by atoms with Crippen molar-refractivity contribution in [3.05, 3.63) is 71.8 Å². The fourth-order valence-electron chi connectivity index (χ4n) is 3.48. The van der Waals surface area contributed by atoms with E-state index < -0.39 is 0 Å². The third-order valence-corrected chi connectivity index (χ3v) is 5.27. The Hall–Kier alpha value is -3.41. The molecule has 1 aromatic heterocycles. The predicted octanol–water partition coefficient (Wildman–Crippen LogP) is 4.11. The van der Waals surface area contributed by atoms with Gasteiger partial charge >= 0.3 is 6.03 Å². The van der Waals surface area contributed by atoms with Gasteiger partial charge in [-0.25, -0.2) is 4.79 Å². The number of carbonyl (C=O) groups excluding carboxylic acids is 1. The summed E-state index contributed by atoms with van der Waals surface area (Å²) in [6, 6.07) is 20.0. The van der Waals surface area contributed by atoms with Crippen molar-refractivity contribution in [1.82, 2.24) is 15.1 Å². The summed E-state index contributed by atoms with van der Waals surface area (Å²) in [6.45, 7) is 6.88. The van der Waals surface area contributed by atoms with Gasteiger partial charge in [-0.3, -0.25) is 0 Å². The highest BCUT2D eigenvalue weighted by Crippen LogP contribution is 2.22. The van der Waals surface area contributed by atoms with Crippen LogP contribution < -0.4 is 10.2 Å². The maximum atomic E-state index is 12.5. The van der Waals surface area contributed by atoms with Gasteiger partial charge in [-0.1, -0.05) is 42.0 Å². The summed E-state index contributed by atoms with van der Waals surface area (Å²) in [4.78, 5) is 16.5. The Labute approximate surface area is 171 Å². The molecule has 1 N–H and O–H groups in total. The monoisotopic (exact) mass is 387 g/mol. The number of aromatic nitrogens is 2. The van der Waals surface area contributed by atoms with E-state index in [2.05, 4.69) is 39.5 Å². The number of benzene rings is 2. The molecule has 0 aliphatic carbocycles. The Morgan fingerprint density at radius 2 is 1.59 bits per heavy atom. The number of hydrogen-bond acceptors (Lipinski definition) is 4. The fourth-order valence-corrected chi connectivity index (χ4v) is 3.48. The zero-order valence-corrected chi connectivity index (χ0v) is 16.8. The molecule has 0 atom stereocenters. The van der Waals surface area contributed by atoms with Crippen LogP contribution in [0.25, 0.3) is 11.3 Å². The summed E-state index contributed by atoms with van der Waals surface area (Å²) in [5.74, 6) is 0.848. The number of aryl methyl sites for hydroxylation is 2. The van der Waals surface area contributed by atoms with Crippen LogP contribution in [0.2, 0.25) is 0 Å². The zero-order chi connectivity index (χ0) is 20.2. The smallest absolute Gasteiger partial charge is 0.321 e. The number of amides is 2. The molecule has 1 fully saturated rings. The van der Waals surface area contributed by atoms with Gasteiger partial charge in [0.1, 0.15) is 0 Å². The standard InChI is InChI=1S/C23H25N5O/c1-17-7-9-19(10-8-17)24-23(29)28-15-13-27(14-16-28)22-12-11-21(25-26-22)20-6-4-3-5-18(20)2/h3-12H,13-16H2,1-2H3,(H,24,29). The van der Waals surface area contributed by atoms with Crippen LogP contribution in [0.5, 0.6) is 0 Å². The maximum Gasteiger partial charge on any atom is 0.321 e. The molecule has 0 unspecified atom stereocenters. The van der Waals surface area contributed by atoms with Gasteiger partial charge in [0.25, 0.3) is 0 Å². The number of anilines is 2. The Bertz CT molecular complexity index is 977. The molecule has 2 amide bonds. The lowest BCUT2D eigenvalue weighted by molar-refractivity contribution is 0.208. The Kier molecular flexibility index (Phi) is 5.42. The molecule has 6 heteroatoms. The van der Waals surface area contributed by atoms with Crippen LogP contribution in [0.15, 0.2) is 60.7 Å². The van der Waals surface area contributed by atoms with Gasteiger partial charge in [0.05, 0.1) is 5.69 Å². The maximum absolute atomic E-state index is 12.5.